The average molecular weight is 441 g/mol. The highest BCUT2D eigenvalue weighted by Crippen LogP contribution is 2.82. The van der Waals surface area contributed by atoms with Gasteiger partial charge in [-0.25, -0.2) is 0 Å². The first-order valence-electron chi connectivity index (χ1n) is 13.5. The fraction of sp³-hybridized carbons (Fsp3) is 0.793. The first-order valence-corrected chi connectivity index (χ1v) is 13.5. The molecular formula is C29H44O3. The largest absolute Gasteiger partial charge is 0.388 e. The predicted octanol–water partition coefficient (Wildman–Crippen LogP) is 6.67. The van der Waals surface area contributed by atoms with E-state index >= 15 is 0 Å². The lowest BCUT2D eigenvalue weighted by molar-refractivity contribution is -0.00184. The molecule has 3 unspecified atom stereocenters. The van der Waals surface area contributed by atoms with E-state index in [1.807, 2.05) is 0 Å². The average Bonchev–Trinajstić information content (AvgIpc) is 3.69. The highest BCUT2D eigenvalue weighted by atomic mass is 16.6. The zero-order valence-corrected chi connectivity index (χ0v) is 20.5. The zero-order valence-electron chi connectivity index (χ0n) is 20.5. The van der Waals surface area contributed by atoms with Gasteiger partial charge in [-0.3, -0.25) is 0 Å². The molecule has 1 aliphatic heterocycles. The summed E-state index contributed by atoms with van der Waals surface area (Å²) in [5.41, 5.74) is 5.05. The lowest BCUT2D eigenvalue weighted by atomic mass is 9.72. The molecule has 3 nitrogen and oxygen atoms in total. The normalized spacial score (nSPS) is 43.9. The maximum atomic E-state index is 10.2. The second-order valence-electron chi connectivity index (χ2n) is 11.6. The summed E-state index contributed by atoms with van der Waals surface area (Å²) in [6.07, 6.45) is 20.5. The van der Waals surface area contributed by atoms with Gasteiger partial charge in [-0.15, -0.1) is 0 Å². The summed E-state index contributed by atoms with van der Waals surface area (Å²) in [4.78, 5) is 0. The minimum Gasteiger partial charge on any atom is -0.388 e. The Kier molecular flexibility index (Phi) is 6.22. The second-order valence-corrected chi connectivity index (χ2v) is 11.6. The number of allylic oxidation sites excluding steroid dienone is 3. The van der Waals surface area contributed by atoms with Crippen LogP contribution < -0.4 is 0 Å². The van der Waals surface area contributed by atoms with Crippen LogP contribution in [0.5, 0.6) is 0 Å². The van der Waals surface area contributed by atoms with Gasteiger partial charge < -0.3 is 14.6 Å². The summed E-state index contributed by atoms with van der Waals surface area (Å²) in [7, 11) is 0. The maximum absolute atomic E-state index is 10.2. The minimum atomic E-state index is -0.337. The van der Waals surface area contributed by atoms with Crippen LogP contribution >= 0.6 is 0 Å². The summed E-state index contributed by atoms with van der Waals surface area (Å²) < 4.78 is 12.1. The Morgan fingerprint density at radius 1 is 1.19 bits per heavy atom. The molecule has 6 atom stereocenters. The summed E-state index contributed by atoms with van der Waals surface area (Å²) in [5.74, 6) is 0.748. The Labute approximate surface area is 195 Å². The summed E-state index contributed by atoms with van der Waals surface area (Å²) in [5, 5.41) is 10.2. The molecule has 178 valence electrons. The molecule has 1 heterocycles. The van der Waals surface area contributed by atoms with E-state index in [1.165, 1.54) is 56.9 Å². The van der Waals surface area contributed by atoms with Crippen molar-refractivity contribution in [3.05, 3.63) is 35.5 Å². The third kappa shape index (κ3) is 3.87. The molecule has 0 radical (unpaired) electrons. The van der Waals surface area contributed by atoms with E-state index in [0.717, 1.165) is 56.8 Å². The van der Waals surface area contributed by atoms with Crippen LogP contribution in [0.3, 0.4) is 0 Å². The molecule has 0 bridgehead atoms. The standard InChI is InChI=1S/C29H44O3/c1-4-27(20-32-27)15-5-6-18-31-22(3)28-17-14-25-24(10-8-16-29(25,28)19-28)13-12-23-9-7-11-26(30)21(23)2/h12-13,22,25-26,30H,2,4-11,14-20H2,1,3H3/b23-12-,24-13+/t22-,25?,26+,27?,28?,29-/m1/s1. The van der Waals surface area contributed by atoms with Crippen LogP contribution in [-0.2, 0) is 9.47 Å². The highest BCUT2D eigenvalue weighted by Gasteiger charge is 2.76. The second kappa shape index (κ2) is 8.71. The predicted molar refractivity (Wildman–Crippen MR) is 129 cm³/mol. The number of ether oxygens (including phenoxy) is 2. The molecule has 0 aromatic carbocycles. The number of rotatable bonds is 9. The van der Waals surface area contributed by atoms with Gasteiger partial charge in [-0.05, 0) is 113 Å². The molecular weight excluding hydrogens is 396 g/mol. The van der Waals surface area contributed by atoms with Gasteiger partial charge in [0.05, 0.1) is 24.4 Å². The number of hydrogen-bond donors (Lipinski definition) is 1. The number of epoxide rings is 1. The first-order chi connectivity index (χ1) is 15.5. The van der Waals surface area contributed by atoms with Crippen molar-refractivity contribution in [1.82, 2.24) is 0 Å². The molecule has 1 saturated heterocycles. The Morgan fingerprint density at radius 2 is 2.03 bits per heavy atom. The summed E-state index contributed by atoms with van der Waals surface area (Å²) >= 11 is 0. The first kappa shape index (κ1) is 22.9. The van der Waals surface area contributed by atoms with E-state index < -0.39 is 0 Å². The lowest BCUT2D eigenvalue weighted by Crippen LogP contribution is -2.29. The van der Waals surface area contributed by atoms with Crippen molar-refractivity contribution in [2.75, 3.05) is 13.2 Å². The molecule has 5 rings (SSSR count). The van der Waals surface area contributed by atoms with E-state index in [2.05, 4.69) is 32.6 Å². The van der Waals surface area contributed by atoms with E-state index in [-0.39, 0.29) is 11.7 Å². The van der Waals surface area contributed by atoms with Crippen LogP contribution in [0, 0.1) is 16.7 Å². The number of aliphatic hydroxyl groups excluding tert-OH is 1. The Morgan fingerprint density at radius 3 is 2.81 bits per heavy atom. The third-order valence-corrected chi connectivity index (χ3v) is 10.2. The van der Waals surface area contributed by atoms with Gasteiger partial charge in [0.1, 0.15) is 0 Å². The van der Waals surface area contributed by atoms with Gasteiger partial charge in [0.25, 0.3) is 0 Å². The fourth-order valence-corrected chi connectivity index (χ4v) is 7.82. The molecule has 5 aliphatic rings. The van der Waals surface area contributed by atoms with Crippen molar-refractivity contribution in [2.24, 2.45) is 16.7 Å². The monoisotopic (exact) mass is 440 g/mol. The lowest BCUT2D eigenvalue weighted by Gasteiger charge is -2.34. The summed E-state index contributed by atoms with van der Waals surface area (Å²) in [6.45, 7) is 10.6. The maximum Gasteiger partial charge on any atom is 0.0914 e. The van der Waals surface area contributed by atoms with Gasteiger partial charge in [0, 0.05) is 12.0 Å². The zero-order chi connectivity index (χ0) is 22.4. The van der Waals surface area contributed by atoms with Crippen LogP contribution in [0.2, 0.25) is 0 Å². The van der Waals surface area contributed by atoms with Gasteiger partial charge in [0.15, 0.2) is 0 Å². The van der Waals surface area contributed by atoms with E-state index in [1.54, 1.807) is 5.57 Å². The van der Waals surface area contributed by atoms with Crippen molar-refractivity contribution in [3.8, 4) is 0 Å². The van der Waals surface area contributed by atoms with Crippen molar-refractivity contribution < 1.29 is 14.6 Å². The van der Waals surface area contributed by atoms with Gasteiger partial charge >= 0.3 is 0 Å². The molecule has 0 amide bonds. The SMILES string of the molecule is C=C1/C(=C\C=C2/CCC[C@]34CC3([C@@H](C)OCCCCC3(CC)CO3)CCC24)CCC[C@@H]1O. The smallest absolute Gasteiger partial charge is 0.0914 e. The number of aliphatic hydroxyl groups is 1. The third-order valence-electron chi connectivity index (χ3n) is 10.2. The minimum absolute atomic E-state index is 0.228. The molecule has 32 heavy (non-hydrogen) atoms. The van der Waals surface area contributed by atoms with E-state index in [0.29, 0.717) is 16.9 Å². The molecule has 1 N–H and O–H groups in total. The Balaban J connectivity index is 1.17. The van der Waals surface area contributed by atoms with E-state index in [4.69, 9.17) is 9.47 Å². The summed E-state index contributed by atoms with van der Waals surface area (Å²) in [6, 6.07) is 0. The number of hydrogen-bond acceptors (Lipinski definition) is 3. The van der Waals surface area contributed by atoms with Crippen LogP contribution in [-0.4, -0.2) is 36.1 Å². The van der Waals surface area contributed by atoms with Crippen molar-refractivity contribution in [3.63, 3.8) is 0 Å². The topological polar surface area (TPSA) is 42.0 Å². The molecule has 3 heteroatoms. The van der Waals surface area contributed by atoms with Crippen LogP contribution in [0.4, 0.5) is 0 Å². The highest BCUT2D eigenvalue weighted by molar-refractivity contribution is 5.39. The van der Waals surface area contributed by atoms with Crippen molar-refractivity contribution in [2.45, 2.75) is 115 Å². The van der Waals surface area contributed by atoms with Crippen molar-refractivity contribution in [1.29, 1.82) is 0 Å². The molecule has 0 aromatic rings. The van der Waals surface area contributed by atoms with E-state index in [9.17, 15) is 5.11 Å². The van der Waals surface area contributed by atoms with Gasteiger partial charge in [0.2, 0.25) is 0 Å². The number of unbranched alkanes of at least 4 members (excludes halogenated alkanes) is 1. The molecule has 4 saturated carbocycles. The quantitative estimate of drug-likeness (QED) is 0.322. The molecule has 4 aliphatic carbocycles. The Bertz CT molecular complexity index is 790. The van der Waals surface area contributed by atoms with Crippen molar-refractivity contribution >= 4 is 0 Å². The molecule has 0 aromatic heterocycles. The van der Waals surface area contributed by atoms with Gasteiger partial charge in [-0.1, -0.05) is 31.2 Å². The Hall–Kier alpha value is -0.900. The van der Waals surface area contributed by atoms with Gasteiger partial charge in [-0.2, -0.15) is 0 Å². The van der Waals surface area contributed by atoms with Crippen LogP contribution in [0.25, 0.3) is 0 Å². The molecule has 1 spiro atoms. The molecule has 5 fully saturated rings. The van der Waals surface area contributed by atoms with Crippen LogP contribution in [0.15, 0.2) is 35.5 Å². The van der Waals surface area contributed by atoms with Crippen LogP contribution in [0.1, 0.15) is 97.3 Å². The fourth-order valence-electron chi connectivity index (χ4n) is 7.82.